The van der Waals surface area contributed by atoms with E-state index in [1.807, 2.05) is 30.3 Å². The van der Waals surface area contributed by atoms with Gasteiger partial charge < -0.3 is 9.84 Å². The van der Waals surface area contributed by atoms with Crippen molar-refractivity contribution in [1.29, 1.82) is 0 Å². The maximum Gasteiger partial charge on any atom is 0.257 e. The molecule has 7 heteroatoms. The zero-order valence-corrected chi connectivity index (χ0v) is 15.2. The number of hydrogen-bond acceptors (Lipinski definition) is 5. The van der Waals surface area contributed by atoms with Gasteiger partial charge >= 0.3 is 0 Å². The molecule has 0 fully saturated rings. The second-order valence-electron chi connectivity index (χ2n) is 6.34. The van der Waals surface area contributed by atoms with Crippen LogP contribution in [0.2, 0.25) is 0 Å². The first-order chi connectivity index (χ1) is 13.0. The average Bonchev–Trinajstić information content (AvgIpc) is 3.13. The van der Waals surface area contributed by atoms with E-state index >= 15 is 0 Å². The summed E-state index contributed by atoms with van der Waals surface area (Å²) in [5.74, 6) is 0.480. The van der Waals surface area contributed by atoms with Gasteiger partial charge in [0, 0.05) is 18.5 Å². The van der Waals surface area contributed by atoms with Gasteiger partial charge in [-0.2, -0.15) is 4.98 Å². The number of carbonyl (C=O) groups excluding carboxylic acids is 1. The fraction of sp³-hybridized carbons (Fsp3) is 0.250. The summed E-state index contributed by atoms with van der Waals surface area (Å²) in [6.45, 7) is 0.373. The van der Waals surface area contributed by atoms with Crippen LogP contribution in [0.5, 0.6) is 0 Å². The van der Waals surface area contributed by atoms with Gasteiger partial charge in [-0.3, -0.25) is 9.69 Å². The molecule has 3 aromatic rings. The molecule has 0 saturated carbocycles. The Hall–Kier alpha value is -3.06. The van der Waals surface area contributed by atoms with Crippen molar-refractivity contribution in [3.63, 3.8) is 0 Å². The second kappa shape index (κ2) is 8.55. The Bertz CT molecular complexity index is 879. The normalized spacial score (nSPS) is 12.1. The number of benzene rings is 2. The van der Waals surface area contributed by atoms with Crippen molar-refractivity contribution in [3.05, 3.63) is 71.8 Å². The van der Waals surface area contributed by atoms with Crippen LogP contribution in [0, 0.1) is 5.82 Å². The quantitative estimate of drug-likeness (QED) is 0.694. The Morgan fingerprint density at radius 3 is 2.52 bits per heavy atom. The monoisotopic (exact) mass is 368 g/mol. The Morgan fingerprint density at radius 2 is 1.85 bits per heavy atom. The maximum atomic E-state index is 13.1. The highest BCUT2D eigenvalue weighted by Crippen LogP contribution is 2.19. The number of rotatable bonds is 7. The molecule has 1 heterocycles. The minimum atomic E-state index is -0.504. The molecule has 0 aliphatic heterocycles. The van der Waals surface area contributed by atoms with Crippen molar-refractivity contribution in [2.24, 2.45) is 0 Å². The van der Waals surface area contributed by atoms with E-state index in [4.69, 9.17) is 4.52 Å². The SMILES string of the molecule is CN(C)C(C(=O)NCCc1noc(-c2ccccc2)n1)c1ccc(F)cc1. The van der Waals surface area contributed by atoms with E-state index in [1.165, 1.54) is 12.1 Å². The van der Waals surface area contributed by atoms with Gasteiger partial charge in [-0.1, -0.05) is 35.5 Å². The van der Waals surface area contributed by atoms with E-state index in [1.54, 1.807) is 31.1 Å². The van der Waals surface area contributed by atoms with Crippen molar-refractivity contribution in [1.82, 2.24) is 20.4 Å². The first kappa shape index (κ1) is 18.7. The standard InChI is InChI=1S/C20H21FN4O2/c1-25(2)18(14-8-10-16(21)11-9-14)19(26)22-13-12-17-23-20(27-24-17)15-6-4-3-5-7-15/h3-11,18H,12-13H2,1-2H3,(H,22,26). The van der Waals surface area contributed by atoms with Crippen LogP contribution in [0.3, 0.4) is 0 Å². The number of hydrogen-bond donors (Lipinski definition) is 1. The van der Waals surface area contributed by atoms with Crippen LogP contribution in [-0.4, -0.2) is 41.6 Å². The van der Waals surface area contributed by atoms with E-state index in [9.17, 15) is 9.18 Å². The maximum absolute atomic E-state index is 13.1. The summed E-state index contributed by atoms with van der Waals surface area (Å²) in [5.41, 5.74) is 1.58. The smallest absolute Gasteiger partial charge is 0.257 e. The number of amides is 1. The summed E-state index contributed by atoms with van der Waals surface area (Å²) in [5, 5.41) is 6.83. The van der Waals surface area contributed by atoms with Crippen LogP contribution >= 0.6 is 0 Å². The largest absolute Gasteiger partial charge is 0.354 e. The number of halogens is 1. The molecule has 0 aliphatic carbocycles. The van der Waals surface area contributed by atoms with Crippen LogP contribution in [0.25, 0.3) is 11.5 Å². The van der Waals surface area contributed by atoms with E-state index in [2.05, 4.69) is 15.5 Å². The van der Waals surface area contributed by atoms with Gasteiger partial charge in [-0.25, -0.2) is 4.39 Å². The second-order valence-corrected chi connectivity index (χ2v) is 6.34. The average molecular weight is 368 g/mol. The van der Waals surface area contributed by atoms with E-state index < -0.39 is 6.04 Å². The van der Waals surface area contributed by atoms with Crippen molar-refractivity contribution < 1.29 is 13.7 Å². The van der Waals surface area contributed by atoms with Gasteiger partial charge in [-0.05, 0) is 43.9 Å². The predicted molar refractivity (Wildman–Crippen MR) is 99.3 cm³/mol. The molecular weight excluding hydrogens is 347 g/mol. The Kier molecular flexibility index (Phi) is 5.93. The summed E-state index contributed by atoms with van der Waals surface area (Å²) in [6.07, 6.45) is 0.450. The topological polar surface area (TPSA) is 71.3 Å². The first-order valence-corrected chi connectivity index (χ1v) is 8.62. The van der Waals surface area contributed by atoms with Crippen molar-refractivity contribution >= 4 is 5.91 Å². The van der Waals surface area contributed by atoms with Crippen LogP contribution in [0.1, 0.15) is 17.4 Å². The molecule has 0 saturated heterocycles. The molecule has 0 aliphatic rings. The van der Waals surface area contributed by atoms with Gasteiger partial charge in [0.25, 0.3) is 5.89 Å². The number of aromatic nitrogens is 2. The first-order valence-electron chi connectivity index (χ1n) is 8.62. The van der Waals surface area contributed by atoms with Gasteiger partial charge in [0.2, 0.25) is 5.91 Å². The Balaban J connectivity index is 1.58. The molecule has 6 nitrogen and oxygen atoms in total. The number of nitrogens with one attached hydrogen (secondary N) is 1. The lowest BCUT2D eigenvalue weighted by molar-refractivity contribution is -0.125. The molecule has 3 rings (SSSR count). The molecule has 1 atom stereocenters. The lowest BCUT2D eigenvalue weighted by atomic mass is 10.1. The highest BCUT2D eigenvalue weighted by Gasteiger charge is 2.22. The zero-order chi connectivity index (χ0) is 19.2. The van der Waals surface area contributed by atoms with Crippen LogP contribution in [-0.2, 0) is 11.2 Å². The number of nitrogens with zero attached hydrogens (tertiary/aromatic N) is 3. The molecule has 140 valence electrons. The van der Waals surface area contributed by atoms with Gasteiger partial charge in [0.05, 0.1) is 0 Å². The molecule has 27 heavy (non-hydrogen) atoms. The number of likely N-dealkylation sites (N-methyl/N-ethyl adjacent to an activating group) is 1. The third-order valence-electron chi connectivity index (χ3n) is 4.09. The highest BCUT2D eigenvalue weighted by atomic mass is 19.1. The van der Waals surface area contributed by atoms with Gasteiger partial charge in [0.15, 0.2) is 5.82 Å². The van der Waals surface area contributed by atoms with Gasteiger partial charge in [-0.15, -0.1) is 0 Å². The van der Waals surface area contributed by atoms with E-state index in [-0.39, 0.29) is 11.7 Å². The molecule has 0 radical (unpaired) electrons. The van der Waals surface area contributed by atoms with Crippen molar-refractivity contribution in [3.8, 4) is 11.5 Å². The summed E-state index contributed by atoms with van der Waals surface area (Å²) >= 11 is 0. The summed E-state index contributed by atoms with van der Waals surface area (Å²) < 4.78 is 18.4. The molecular formula is C20H21FN4O2. The van der Waals surface area contributed by atoms with Gasteiger partial charge in [0.1, 0.15) is 11.9 Å². The van der Waals surface area contributed by atoms with Crippen LogP contribution in [0.15, 0.2) is 59.1 Å². The highest BCUT2D eigenvalue weighted by molar-refractivity contribution is 5.83. The van der Waals surface area contributed by atoms with Crippen LogP contribution in [0.4, 0.5) is 4.39 Å². The van der Waals surface area contributed by atoms with E-state index in [0.29, 0.717) is 24.7 Å². The van der Waals surface area contributed by atoms with Crippen LogP contribution < -0.4 is 5.32 Å². The predicted octanol–water partition coefficient (Wildman–Crippen LogP) is 2.84. The van der Waals surface area contributed by atoms with Crippen molar-refractivity contribution in [2.75, 3.05) is 20.6 Å². The minimum absolute atomic E-state index is 0.168. The molecule has 0 spiro atoms. The van der Waals surface area contributed by atoms with Crippen molar-refractivity contribution in [2.45, 2.75) is 12.5 Å². The summed E-state index contributed by atoms with van der Waals surface area (Å²) in [4.78, 5) is 18.7. The number of carbonyl (C=O) groups is 1. The lowest BCUT2D eigenvalue weighted by Gasteiger charge is -2.23. The molecule has 1 aromatic heterocycles. The Morgan fingerprint density at radius 1 is 1.15 bits per heavy atom. The summed E-state index contributed by atoms with van der Waals surface area (Å²) in [6, 6.07) is 14.9. The molecule has 1 N–H and O–H groups in total. The molecule has 2 aromatic carbocycles. The zero-order valence-electron chi connectivity index (χ0n) is 15.2. The molecule has 1 unspecified atom stereocenters. The summed E-state index contributed by atoms with van der Waals surface area (Å²) in [7, 11) is 3.61. The Labute approximate surface area is 157 Å². The molecule has 0 bridgehead atoms. The van der Waals surface area contributed by atoms with E-state index in [0.717, 1.165) is 11.1 Å². The third-order valence-corrected chi connectivity index (χ3v) is 4.09. The third kappa shape index (κ3) is 4.77. The fourth-order valence-corrected chi connectivity index (χ4v) is 2.78. The lowest BCUT2D eigenvalue weighted by Crippen LogP contribution is -2.38. The fourth-order valence-electron chi connectivity index (χ4n) is 2.78. The minimum Gasteiger partial charge on any atom is -0.354 e. The molecule has 1 amide bonds.